The molecule has 6 nitrogen and oxygen atoms in total. The van der Waals surface area contributed by atoms with E-state index in [-0.39, 0.29) is 28.2 Å². The molecule has 0 unspecified atom stereocenters. The monoisotopic (exact) mass is 364 g/mol. The molecule has 0 saturated carbocycles. The van der Waals surface area contributed by atoms with Gasteiger partial charge in [0.15, 0.2) is 11.5 Å². The molecule has 0 saturated heterocycles. The van der Waals surface area contributed by atoms with Crippen LogP contribution >= 0.6 is 0 Å². The van der Waals surface area contributed by atoms with E-state index in [1.807, 2.05) is 30.3 Å². The molecule has 136 valence electrons. The van der Waals surface area contributed by atoms with Crippen molar-refractivity contribution >= 4 is 21.7 Å². The number of phenols is 2. The Balaban J connectivity index is 1.87. The zero-order valence-corrected chi connectivity index (χ0v) is 14.4. The van der Waals surface area contributed by atoms with Crippen molar-refractivity contribution in [2.75, 3.05) is 7.11 Å². The molecule has 1 heterocycles. The Bertz CT molecular complexity index is 1190. The third-order valence-corrected chi connectivity index (χ3v) is 4.32. The molecule has 0 atom stereocenters. The molecule has 3 aromatic carbocycles. The van der Waals surface area contributed by atoms with Gasteiger partial charge in [0.2, 0.25) is 0 Å². The van der Waals surface area contributed by atoms with Crippen molar-refractivity contribution < 1.29 is 24.1 Å². The van der Waals surface area contributed by atoms with Gasteiger partial charge >= 0.3 is 5.63 Å². The molecule has 6 heteroatoms. The molecule has 2 N–H and O–H groups in total. The van der Waals surface area contributed by atoms with Crippen LogP contribution in [0.15, 0.2) is 63.8 Å². The van der Waals surface area contributed by atoms with Crippen LogP contribution in [0.25, 0.3) is 21.7 Å². The van der Waals surface area contributed by atoms with Gasteiger partial charge in [0.25, 0.3) is 0 Å². The fourth-order valence-electron chi connectivity index (χ4n) is 3.01. The molecule has 0 spiro atoms. The first-order valence-electron chi connectivity index (χ1n) is 8.24. The van der Waals surface area contributed by atoms with Crippen LogP contribution in [-0.2, 0) is 6.61 Å². The van der Waals surface area contributed by atoms with Crippen molar-refractivity contribution in [3.8, 4) is 23.0 Å². The number of hydrogen-bond donors (Lipinski definition) is 2. The molecule has 0 aliphatic carbocycles. The second kappa shape index (κ2) is 6.57. The first kappa shape index (κ1) is 16.8. The van der Waals surface area contributed by atoms with E-state index in [4.69, 9.17) is 13.9 Å². The van der Waals surface area contributed by atoms with Crippen LogP contribution in [-0.4, -0.2) is 17.3 Å². The van der Waals surface area contributed by atoms with Crippen molar-refractivity contribution in [3.63, 3.8) is 0 Å². The van der Waals surface area contributed by atoms with E-state index in [9.17, 15) is 15.0 Å². The average Bonchev–Trinajstić information content (AvgIpc) is 2.67. The fraction of sp³-hybridized carbons (Fsp3) is 0.0952. The third-order valence-electron chi connectivity index (χ3n) is 4.32. The van der Waals surface area contributed by atoms with E-state index < -0.39 is 5.63 Å². The predicted octanol–water partition coefficient (Wildman–Crippen LogP) is 3.95. The first-order valence-corrected chi connectivity index (χ1v) is 8.24. The number of methoxy groups -OCH3 is 1. The minimum atomic E-state index is -0.683. The third kappa shape index (κ3) is 3.01. The molecule has 4 aromatic rings. The molecule has 0 amide bonds. The molecular weight excluding hydrogens is 348 g/mol. The van der Waals surface area contributed by atoms with Crippen LogP contribution in [0.2, 0.25) is 0 Å². The van der Waals surface area contributed by atoms with E-state index >= 15 is 0 Å². The van der Waals surface area contributed by atoms with Crippen LogP contribution in [0.4, 0.5) is 0 Å². The van der Waals surface area contributed by atoms with E-state index in [1.165, 1.54) is 25.3 Å². The summed E-state index contributed by atoms with van der Waals surface area (Å²) >= 11 is 0. The standard InChI is InChI=1S/C21H16O6/c1-25-19-10-18-14(9-16(19)22)15-7-13(8-17(23)20(15)21(24)27-18)26-11-12-5-3-2-4-6-12/h2-10,22-23H,11H2,1H3. The molecular formula is C21H16O6. The molecule has 4 rings (SSSR count). The molecule has 27 heavy (non-hydrogen) atoms. The summed E-state index contributed by atoms with van der Waals surface area (Å²) in [5.41, 5.74) is 0.524. The minimum Gasteiger partial charge on any atom is -0.507 e. The SMILES string of the molecule is COc1cc2oc(=O)c3c(O)cc(OCc4ccccc4)cc3c2cc1O. The number of benzene rings is 3. The van der Waals surface area contributed by atoms with Crippen LogP contribution in [0, 0.1) is 0 Å². The van der Waals surface area contributed by atoms with Gasteiger partial charge in [-0.1, -0.05) is 30.3 Å². The topological polar surface area (TPSA) is 89.1 Å². The van der Waals surface area contributed by atoms with Crippen molar-refractivity contribution in [2.45, 2.75) is 6.61 Å². The summed E-state index contributed by atoms with van der Waals surface area (Å²) in [6, 6.07) is 15.5. The number of fused-ring (bicyclic) bond motifs is 3. The number of aromatic hydroxyl groups is 2. The molecule has 0 fully saturated rings. The largest absolute Gasteiger partial charge is 0.507 e. The summed E-state index contributed by atoms with van der Waals surface area (Å²) in [4.78, 5) is 12.3. The summed E-state index contributed by atoms with van der Waals surface area (Å²) in [6.45, 7) is 0.310. The smallest absolute Gasteiger partial charge is 0.347 e. The molecule has 1 aromatic heterocycles. The van der Waals surface area contributed by atoms with Gasteiger partial charge in [-0.25, -0.2) is 4.79 Å². The van der Waals surface area contributed by atoms with E-state index in [0.29, 0.717) is 23.1 Å². The Morgan fingerprint density at radius 3 is 2.48 bits per heavy atom. The van der Waals surface area contributed by atoms with Crippen LogP contribution in [0.3, 0.4) is 0 Å². The summed E-state index contributed by atoms with van der Waals surface area (Å²) in [6.07, 6.45) is 0. The minimum absolute atomic E-state index is 0.0270. The molecule has 0 radical (unpaired) electrons. The molecule has 0 aliphatic heterocycles. The lowest BCUT2D eigenvalue weighted by atomic mass is 10.1. The zero-order valence-electron chi connectivity index (χ0n) is 14.4. The second-order valence-electron chi connectivity index (χ2n) is 6.05. The van der Waals surface area contributed by atoms with Gasteiger partial charge in [0.1, 0.15) is 29.1 Å². The van der Waals surface area contributed by atoms with Crippen molar-refractivity contribution in [1.82, 2.24) is 0 Å². The Morgan fingerprint density at radius 1 is 0.963 bits per heavy atom. The van der Waals surface area contributed by atoms with Gasteiger partial charge in [0.05, 0.1) is 7.11 Å². The van der Waals surface area contributed by atoms with Gasteiger partial charge in [-0.15, -0.1) is 0 Å². The fourth-order valence-corrected chi connectivity index (χ4v) is 3.01. The highest BCUT2D eigenvalue weighted by Crippen LogP contribution is 2.37. The molecule has 0 bridgehead atoms. The number of phenolic OH excluding ortho intramolecular Hbond substituents is 2. The Hall–Kier alpha value is -3.67. The number of rotatable bonds is 4. The summed E-state index contributed by atoms with van der Waals surface area (Å²) in [5.74, 6) is 0.230. The lowest BCUT2D eigenvalue weighted by molar-refractivity contribution is 0.305. The van der Waals surface area contributed by atoms with E-state index in [1.54, 1.807) is 6.07 Å². The van der Waals surface area contributed by atoms with Crippen LogP contribution < -0.4 is 15.1 Å². The van der Waals surface area contributed by atoms with Crippen molar-refractivity contribution in [2.24, 2.45) is 0 Å². The maximum absolute atomic E-state index is 12.3. The van der Waals surface area contributed by atoms with Crippen LogP contribution in [0.5, 0.6) is 23.0 Å². The highest BCUT2D eigenvalue weighted by Gasteiger charge is 2.16. The van der Waals surface area contributed by atoms with Gasteiger partial charge in [-0.05, 0) is 17.7 Å². The maximum atomic E-state index is 12.3. The van der Waals surface area contributed by atoms with Crippen molar-refractivity contribution in [1.29, 1.82) is 0 Å². The highest BCUT2D eigenvalue weighted by atomic mass is 16.5. The number of ether oxygens (including phenoxy) is 2. The summed E-state index contributed by atoms with van der Waals surface area (Å²) < 4.78 is 16.1. The van der Waals surface area contributed by atoms with Crippen LogP contribution in [0.1, 0.15) is 5.56 Å². The molecule has 0 aliphatic rings. The maximum Gasteiger partial charge on any atom is 0.347 e. The quantitative estimate of drug-likeness (QED) is 0.421. The van der Waals surface area contributed by atoms with Gasteiger partial charge in [0, 0.05) is 22.9 Å². The van der Waals surface area contributed by atoms with Gasteiger partial charge in [-0.3, -0.25) is 0 Å². The van der Waals surface area contributed by atoms with E-state index in [0.717, 1.165) is 5.56 Å². The second-order valence-corrected chi connectivity index (χ2v) is 6.05. The lowest BCUT2D eigenvalue weighted by Gasteiger charge is -2.11. The highest BCUT2D eigenvalue weighted by molar-refractivity contribution is 6.07. The predicted molar refractivity (Wildman–Crippen MR) is 101 cm³/mol. The first-order chi connectivity index (χ1) is 13.1. The lowest BCUT2D eigenvalue weighted by Crippen LogP contribution is -2.02. The average molecular weight is 364 g/mol. The van der Waals surface area contributed by atoms with Crippen molar-refractivity contribution in [3.05, 3.63) is 70.6 Å². The van der Waals surface area contributed by atoms with Gasteiger partial charge in [-0.2, -0.15) is 0 Å². The Kier molecular flexibility index (Phi) is 4.08. The zero-order chi connectivity index (χ0) is 19.0. The number of hydrogen-bond acceptors (Lipinski definition) is 6. The Labute approximate surface area is 153 Å². The summed E-state index contributed by atoms with van der Waals surface area (Å²) in [5, 5.41) is 21.3. The normalized spacial score (nSPS) is 11.0. The Morgan fingerprint density at radius 2 is 1.74 bits per heavy atom. The summed E-state index contributed by atoms with van der Waals surface area (Å²) in [7, 11) is 1.40. The van der Waals surface area contributed by atoms with Gasteiger partial charge < -0.3 is 24.1 Å². The van der Waals surface area contributed by atoms with E-state index in [2.05, 4.69) is 0 Å².